The molecule has 6 rings (SSSR count). The van der Waals surface area contributed by atoms with Crippen LogP contribution in [0.15, 0.2) is 66.9 Å². The average molecular weight is 483 g/mol. The second-order valence-corrected chi connectivity index (χ2v) is 10.7. The minimum Gasteiger partial charge on any atom is -0.379 e. The van der Waals surface area contributed by atoms with Crippen LogP contribution in [-0.4, -0.2) is 63.4 Å². The van der Waals surface area contributed by atoms with Crippen molar-refractivity contribution in [1.29, 1.82) is 0 Å². The first-order chi connectivity index (χ1) is 17.6. The van der Waals surface area contributed by atoms with Gasteiger partial charge in [0.2, 0.25) is 0 Å². The average Bonchev–Trinajstić information content (AvgIpc) is 3.54. The molecule has 3 heterocycles. The van der Waals surface area contributed by atoms with Crippen LogP contribution in [0, 0.1) is 0 Å². The molecule has 1 aliphatic carbocycles. The molecule has 1 saturated heterocycles. The normalized spacial score (nSPS) is 21.7. The largest absolute Gasteiger partial charge is 0.379 e. The molecular weight excluding hydrogens is 444 g/mol. The maximum atomic E-state index is 4.98. The second kappa shape index (κ2) is 10.1. The van der Waals surface area contributed by atoms with Gasteiger partial charge in [0.05, 0.1) is 18.3 Å². The molecule has 0 amide bonds. The van der Waals surface area contributed by atoms with E-state index in [1.807, 2.05) is 0 Å². The van der Waals surface area contributed by atoms with Crippen LogP contribution in [0.2, 0.25) is 0 Å². The molecule has 1 saturated carbocycles. The van der Waals surface area contributed by atoms with Gasteiger partial charge < -0.3 is 14.8 Å². The molecule has 2 aromatic carbocycles. The Hall–Kier alpha value is -3.09. The van der Waals surface area contributed by atoms with E-state index in [1.54, 1.807) is 0 Å². The first-order valence-electron chi connectivity index (χ1n) is 13.5. The van der Waals surface area contributed by atoms with Crippen LogP contribution in [-0.2, 0) is 13.6 Å². The Morgan fingerprint density at radius 1 is 0.833 bits per heavy atom. The number of fused-ring (bicyclic) bond motifs is 1. The molecule has 6 nitrogen and oxygen atoms in total. The van der Waals surface area contributed by atoms with Crippen LogP contribution in [0.25, 0.3) is 22.2 Å². The highest BCUT2D eigenvalue weighted by Crippen LogP contribution is 2.32. The van der Waals surface area contributed by atoms with E-state index in [1.165, 1.54) is 74.0 Å². The fourth-order valence-electron chi connectivity index (χ4n) is 6.04. The smallest absolute Gasteiger partial charge is 0.0923 e. The van der Waals surface area contributed by atoms with E-state index in [4.69, 9.17) is 5.10 Å². The van der Waals surface area contributed by atoms with Crippen molar-refractivity contribution in [3.8, 4) is 11.3 Å². The van der Waals surface area contributed by atoms with Crippen LogP contribution in [0.4, 0.5) is 5.69 Å². The first-order valence-corrected chi connectivity index (χ1v) is 13.5. The van der Waals surface area contributed by atoms with Gasteiger partial charge in [-0.3, -0.25) is 9.58 Å². The Labute approximate surface area is 214 Å². The summed E-state index contributed by atoms with van der Waals surface area (Å²) in [5.41, 5.74) is 5.92. The summed E-state index contributed by atoms with van der Waals surface area (Å²) in [5, 5.41) is 9.85. The van der Waals surface area contributed by atoms with E-state index in [0.717, 1.165) is 24.0 Å². The number of hydrogen-bond acceptors (Lipinski definition) is 4. The molecule has 0 unspecified atom stereocenters. The van der Waals surface area contributed by atoms with Gasteiger partial charge in [-0.05, 0) is 68.4 Å². The van der Waals surface area contributed by atoms with E-state index in [-0.39, 0.29) is 0 Å². The molecule has 2 aliphatic rings. The summed E-state index contributed by atoms with van der Waals surface area (Å²) in [4.78, 5) is 5.17. The first kappa shape index (κ1) is 23.3. The summed E-state index contributed by atoms with van der Waals surface area (Å²) in [7, 11) is 4.37. The molecule has 2 fully saturated rings. The molecule has 1 N–H and O–H groups in total. The lowest BCUT2D eigenvalue weighted by Gasteiger charge is -2.41. The molecular formula is C30H38N6. The Bertz CT molecular complexity index is 1290. The van der Waals surface area contributed by atoms with Crippen molar-refractivity contribution in [3.63, 3.8) is 0 Å². The molecule has 2 aromatic heterocycles. The van der Waals surface area contributed by atoms with Gasteiger partial charge in [-0.15, -0.1) is 0 Å². The van der Waals surface area contributed by atoms with E-state index in [0.29, 0.717) is 6.04 Å². The number of piperazine rings is 1. The van der Waals surface area contributed by atoms with Gasteiger partial charge in [-0.1, -0.05) is 30.3 Å². The Balaban J connectivity index is 1.04. The predicted molar refractivity (Wildman–Crippen MR) is 148 cm³/mol. The summed E-state index contributed by atoms with van der Waals surface area (Å²) in [5.74, 6) is 0. The quantitative estimate of drug-likeness (QED) is 0.400. The number of benzene rings is 2. The minimum atomic E-state index is 0.532. The standard InChI is InChI=1S/C30H38N6/c1-33-17-19-35(20-18-33)26-11-13-27(14-12-26)36-16-15-29(32-36)23-7-9-25(10-8-23)31-22-28-21-24-5-3-4-6-30(24)34(28)2/h3-10,15-16,21,26-27,31H,11-14,17-20,22H2,1-2H3/t26-,27+. The highest BCUT2D eigenvalue weighted by molar-refractivity contribution is 5.81. The number of nitrogens with one attached hydrogen (secondary N) is 1. The molecule has 6 heteroatoms. The van der Waals surface area contributed by atoms with Crippen molar-refractivity contribution in [2.75, 3.05) is 38.5 Å². The summed E-state index contributed by atoms with van der Waals surface area (Å²) >= 11 is 0. The molecule has 0 spiro atoms. The number of hydrogen-bond donors (Lipinski definition) is 1. The van der Waals surface area contributed by atoms with Crippen LogP contribution in [0.1, 0.15) is 37.4 Å². The van der Waals surface area contributed by atoms with Gasteiger partial charge in [0, 0.05) is 67.9 Å². The molecule has 4 aromatic rings. The zero-order valence-electron chi connectivity index (χ0n) is 21.6. The zero-order valence-corrected chi connectivity index (χ0v) is 21.6. The third kappa shape index (κ3) is 4.80. The maximum absolute atomic E-state index is 4.98. The van der Waals surface area contributed by atoms with E-state index < -0.39 is 0 Å². The van der Waals surface area contributed by atoms with Gasteiger partial charge in [-0.25, -0.2) is 0 Å². The van der Waals surface area contributed by atoms with Crippen LogP contribution < -0.4 is 5.32 Å². The van der Waals surface area contributed by atoms with Crippen molar-refractivity contribution in [3.05, 3.63) is 72.6 Å². The number of aryl methyl sites for hydroxylation is 1. The summed E-state index contributed by atoms with van der Waals surface area (Å²) in [6.45, 7) is 5.67. The number of rotatable bonds is 6. The van der Waals surface area contributed by atoms with Crippen molar-refractivity contribution < 1.29 is 0 Å². The van der Waals surface area contributed by atoms with Crippen molar-refractivity contribution in [1.82, 2.24) is 24.1 Å². The van der Waals surface area contributed by atoms with E-state index in [9.17, 15) is 0 Å². The Morgan fingerprint density at radius 3 is 2.31 bits per heavy atom. The zero-order chi connectivity index (χ0) is 24.5. The van der Waals surface area contributed by atoms with E-state index in [2.05, 4.69) is 105 Å². The van der Waals surface area contributed by atoms with Gasteiger partial charge in [-0.2, -0.15) is 5.10 Å². The number of likely N-dealkylation sites (N-methyl/N-ethyl adjacent to an activating group) is 1. The molecule has 0 radical (unpaired) electrons. The number of anilines is 1. The second-order valence-electron chi connectivity index (χ2n) is 10.7. The molecule has 188 valence electrons. The molecule has 0 atom stereocenters. The fraction of sp³-hybridized carbons (Fsp3) is 0.433. The highest BCUT2D eigenvalue weighted by atomic mass is 15.3. The number of nitrogens with zero attached hydrogens (tertiary/aromatic N) is 5. The molecule has 36 heavy (non-hydrogen) atoms. The predicted octanol–water partition coefficient (Wildman–Crippen LogP) is 5.39. The molecule has 1 aliphatic heterocycles. The summed E-state index contributed by atoms with van der Waals surface area (Å²) in [6.07, 6.45) is 7.23. The minimum absolute atomic E-state index is 0.532. The lowest BCUT2D eigenvalue weighted by molar-refractivity contribution is 0.0811. The molecule has 0 bridgehead atoms. The van der Waals surface area contributed by atoms with E-state index >= 15 is 0 Å². The van der Waals surface area contributed by atoms with Crippen molar-refractivity contribution in [2.24, 2.45) is 7.05 Å². The summed E-state index contributed by atoms with van der Waals surface area (Å²) < 4.78 is 4.49. The van der Waals surface area contributed by atoms with Crippen molar-refractivity contribution in [2.45, 2.75) is 44.3 Å². The van der Waals surface area contributed by atoms with Gasteiger partial charge in [0.25, 0.3) is 0 Å². The lowest BCUT2D eigenvalue weighted by Crippen LogP contribution is -2.49. The van der Waals surface area contributed by atoms with Gasteiger partial charge >= 0.3 is 0 Å². The Morgan fingerprint density at radius 2 is 1.56 bits per heavy atom. The van der Waals surface area contributed by atoms with Crippen molar-refractivity contribution >= 4 is 16.6 Å². The maximum Gasteiger partial charge on any atom is 0.0923 e. The third-order valence-corrected chi connectivity index (χ3v) is 8.41. The van der Waals surface area contributed by atoms with Crippen LogP contribution >= 0.6 is 0 Å². The van der Waals surface area contributed by atoms with Crippen LogP contribution in [0.5, 0.6) is 0 Å². The van der Waals surface area contributed by atoms with Gasteiger partial charge in [0.1, 0.15) is 0 Å². The monoisotopic (exact) mass is 482 g/mol. The SMILES string of the molecule is CN1CCN([C@H]2CC[C@@H](n3ccc(-c4ccc(NCc5cc6ccccc6n5C)cc4)n3)CC2)CC1. The highest BCUT2D eigenvalue weighted by Gasteiger charge is 2.28. The third-order valence-electron chi connectivity index (χ3n) is 8.41. The number of para-hydroxylation sites is 1. The fourth-order valence-corrected chi connectivity index (χ4v) is 6.04. The Kier molecular flexibility index (Phi) is 6.55. The number of aromatic nitrogens is 3. The lowest BCUT2D eigenvalue weighted by atomic mass is 9.90. The van der Waals surface area contributed by atoms with Crippen LogP contribution in [0.3, 0.4) is 0 Å². The van der Waals surface area contributed by atoms with Gasteiger partial charge in [0.15, 0.2) is 0 Å². The summed E-state index contributed by atoms with van der Waals surface area (Å²) in [6, 6.07) is 23.0. The topological polar surface area (TPSA) is 41.3 Å².